The minimum Gasteiger partial charge on any atom is -0.476 e. The van der Waals surface area contributed by atoms with Crippen molar-refractivity contribution in [2.75, 3.05) is 0 Å². The molecular weight excluding hydrogens is 296 g/mol. The van der Waals surface area contributed by atoms with E-state index in [-0.39, 0.29) is 0 Å². The van der Waals surface area contributed by atoms with E-state index in [1.165, 1.54) is 0 Å². The maximum atomic E-state index is 13.6. The van der Waals surface area contributed by atoms with E-state index in [1.807, 2.05) is 0 Å². The van der Waals surface area contributed by atoms with E-state index in [9.17, 15) is 27.2 Å². The zero-order valence-corrected chi connectivity index (χ0v) is 10.1. The van der Waals surface area contributed by atoms with Crippen LogP contribution in [0.5, 0.6) is 0 Å². The van der Waals surface area contributed by atoms with Crippen molar-refractivity contribution in [1.29, 1.82) is 0 Å². The fourth-order valence-electron chi connectivity index (χ4n) is 1.55. The smallest absolute Gasteiger partial charge is 0.416 e. The Morgan fingerprint density at radius 1 is 1.24 bits per heavy atom. The largest absolute Gasteiger partial charge is 0.476 e. The lowest BCUT2D eigenvalue weighted by Gasteiger charge is -2.11. The van der Waals surface area contributed by atoms with Gasteiger partial charge in [0.05, 0.1) is 5.56 Å². The maximum Gasteiger partial charge on any atom is 0.416 e. The Balaban J connectivity index is 2.64. The van der Waals surface area contributed by atoms with Crippen LogP contribution < -0.4 is 5.43 Å². The van der Waals surface area contributed by atoms with Crippen LogP contribution in [-0.4, -0.2) is 20.9 Å². The molecule has 9 heteroatoms. The number of carbonyl (C=O) groups is 1. The van der Waals surface area contributed by atoms with Crippen LogP contribution in [-0.2, 0) is 6.18 Å². The molecule has 0 spiro atoms. The quantitative estimate of drug-likeness (QED) is 0.862. The number of hydrogen-bond acceptors (Lipinski definition) is 3. The van der Waals surface area contributed by atoms with Crippen LogP contribution in [0.2, 0.25) is 0 Å². The van der Waals surface area contributed by atoms with Crippen molar-refractivity contribution in [3.8, 4) is 5.69 Å². The third-order valence-electron chi connectivity index (χ3n) is 2.53. The summed E-state index contributed by atoms with van der Waals surface area (Å²) in [5, 5.41) is 12.1. The lowest BCUT2D eigenvalue weighted by atomic mass is 10.2. The summed E-state index contributed by atoms with van der Waals surface area (Å²) < 4.78 is 52.0. The Labute approximate surface area is 114 Å². The fourth-order valence-corrected chi connectivity index (χ4v) is 1.55. The van der Waals surface area contributed by atoms with E-state index >= 15 is 0 Å². The van der Waals surface area contributed by atoms with Gasteiger partial charge in [0.25, 0.3) is 0 Å². The Hall–Kier alpha value is -2.71. The van der Waals surface area contributed by atoms with Gasteiger partial charge < -0.3 is 5.11 Å². The number of carboxylic acids is 1. The van der Waals surface area contributed by atoms with Crippen molar-refractivity contribution in [2.45, 2.75) is 6.18 Å². The van der Waals surface area contributed by atoms with Gasteiger partial charge in [-0.3, -0.25) is 4.79 Å². The molecule has 1 aromatic carbocycles. The molecule has 5 nitrogen and oxygen atoms in total. The molecule has 0 bridgehead atoms. The lowest BCUT2D eigenvalue weighted by molar-refractivity contribution is -0.137. The second kappa shape index (κ2) is 5.00. The topological polar surface area (TPSA) is 72.2 Å². The molecule has 0 fully saturated rings. The highest BCUT2D eigenvalue weighted by Gasteiger charge is 2.31. The molecule has 1 aromatic heterocycles. The predicted molar refractivity (Wildman–Crippen MR) is 61.8 cm³/mol. The molecule has 0 aliphatic carbocycles. The van der Waals surface area contributed by atoms with E-state index in [2.05, 4.69) is 5.10 Å². The van der Waals surface area contributed by atoms with Gasteiger partial charge in [-0.2, -0.15) is 18.3 Å². The first-order valence-electron chi connectivity index (χ1n) is 5.40. The van der Waals surface area contributed by atoms with Gasteiger partial charge in [-0.15, -0.1) is 0 Å². The molecule has 0 unspecified atom stereocenters. The second-order valence-corrected chi connectivity index (χ2v) is 3.94. The van der Waals surface area contributed by atoms with Crippen molar-refractivity contribution >= 4 is 5.97 Å². The van der Waals surface area contributed by atoms with Crippen molar-refractivity contribution in [3.63, 3.8) is 0 Å². The van der Waals surface area contributed by atoms with Gasteiger partial charge in [0.1, 0.15) is 11.5 Å². The summed E-state index contributed by atoms with van der Waals surface area (Å²) in [5.74, 6) is -2.71. The van der Waals surface area contributed by atoms with Crippen LogP contribution in [0, 0.1) is 5.82 Å². The van der Waals surface area contributed by atoms with Crippen LogP contribution in [0.3, 0.4) is 0 Å². The molecule has 0 saturated carbocycles. The zero-order chi connectivity index (χ0) is 15.8. The Bertz CT molecular complexity index is 768. The monoisotopic (exact) mass is 302 g/mol. The Kier molecular flexibility index (Phi) is 3.50. The third kappa shape index (κ3) is 2.91. The molecule has 2 aromatic rings. The number of benzene rings is 1. The second-order valence-electron chi connectivity index (χ2n) is 3.94. The number of aromatic carboxylic acids is 1. The van der Waals surface area contributed by atoms with Gasteiger partial charge in [-0.1, -0.05) is 0 Å². The minimum absolute atomic E-state index is 0.471. The van der Waals surface area contributed by atoms with Crippen LogP contribution in [0.25, 0.3) is 5.69 Å². The highest BCUT2D eigenvalue weighted by atomic mass is 19.4. The summed E-state index contributed by atoms with van der Waals surface area (Å²) in [6.45, 7) is 0. The molecule has 0 amide bonds. The lowest BCUT2D eigenvalue weighted by Crippen LogP contribution is -2.21. The summed E-state index contributed by atoms with van der Waals surface area (Å²) in [6.07, 6.45) is -3.82. The van der Waals surface area contributed by atoms with Crippen LogP contribution in [0.1, 0.15) is 16.1 Å². The van der Waals surface area contributed by atoms with E-state index in [0.717, 1.165) is 12.3 Å². The Morgan fingerprint density at radius 2 is 1.90 bits per heavy atom. The number of alkyl halides is 3. The number of rotatable bonds is 2. The number of hydrogen-bond donors (Lipinski definition) is 1. The number of carboxylic acid groups (broad SMARTS) is 1. The summed E-state index contributed by atoms with van der Waals surface area (Å²) >= 11 is 0. The number of halogens is 4. The van der Waals surface area contributed by atoms with E-state index in [1.54, 1.807) is 0 Å². The third-order valence-corrected chi connectivity index (χ3v) is 2.53. The molecule has 0 aliphatic rings. The van der Waals surface area contributed by atoms with E-state index in [0.29, 0.717) is 22.9 Å². The summed E-state index contributed by atoms with van der Waals surface area (Å²) in [7, 11) is 0. The summed E-state index contributed by atoms with van der Waals surface area (Å²) in [5.41, 5.74) is -3.61. The number of aromatic nitrogens is 2. The number of nitrogens with zero attached hydrogens (tertiary/aromatic N) is 2. The average Bonchev–Trinajstić information content (AvgIpc) is 2.38. The van der Waals surface area contributed by atoms with Gasteiger partial charge >= 0.3 is 12.1 Å². The molecule has 0 radical (unpaired) electrons. The summed E-state index contributed by atoms with van der Waals surface area (Å²) in [6, 6.07) is 2.37. The van der Waals surface area contributed by atoms with E-state index < -0.39 is 40.3 Å². The molecule has 21 heavy (non-hydrogen) atoms. The van der Waals surface area contributed by atoms with Gasteiger partial charge in [-0.25, -0.2) is 13.9 Å². The zero-order valence-electron chi connectivity index (χ0n) is 10.1. The molecule has 110 valence electrons. The molecule has 1 N–H and O–H groups in total. The first-order chi connectivity index (χ1) is 9.70. The fraction of sp³-hybridized carbons (Fsp3) is 0.0833. The molecule has 0 aliphatic heterocycles. The first kappa shape index (κ1) is 14.7. The molecule has 2 rings (SSSR count). The molecule has 0 saturated heterocycles. The van der Waals surface area contributed by atoms with Crippen LogP contribution in [0.15, 0.2) is 35.3 Å². The molecule has 0 atom stereocenters. The predicted octanol–water partition coefficient (Wildman–Crippen LogP) is 2.09. The van der Waals surface area contributed by atoms with Crippen molar-refractivity contribution in [1.82, 2.24) is 9.78 Å². The molecule has 1 heterocycles. The minimum atomic E-state index is -4.70. The SMILES string of the molecule is O=C(O)c1nn(-c2cc(C(F)(F)F)ccc2F)ccc1=O. The summed E-state index contributed by atoms with van der Waals surface area (Å²) in [4.78, 5) is 22.0. The van der Waals surface area contributed by atoms with Gasteiger partial charge in [0.15, 0.2) is 0 Å². The van der Waals surface area contributed by atoms with Gasteiger partial charge in [0.2, 0.25) is 11.1 Å². The average molecular weight is 302 g/mol. The normalized spacial score (nSPS) is 11.4. The Morgan fingerprint density at radius 3 is 2.48 bits per heavy atom. The van der Waals surface area contributed by atoms with E-state index in [4.69, 9.17) is 5.11 Å². The van der Waals surface area contributed by atoms with Crippen LogP contribution >= 0.6 is 0 Å². The maximum absolute atomic E-state index is 13.6. The van der Waals surface area contributed by atoms with Gasteiger partial charge in [0, 0.05) is 12.3 Å². The van der Waals surface area contributed by atoms with Crippen molar-refractivity contribution < 1.29 is 27.5 Å². The van der Waals surface area contributed by atoms with Crippen LogP contribution in [0.4, 0.5) is 17.6 Å². The van der Waals surface area contributed by atoms with Crippen molar-refractivity contribution in [3.05, 3.63) is 57.8 Å². The standard InChI is InChI=1S/C12H6F4N2O3/c13-7-2-1-6(12(14,15)16)5-8(7)18-4-3-9(19)10(17-18)11(20)21/h1-5H,(H,20,21). The van der Waals surface area contributed by atoms with Gasteiger partial charge in [-0.05, 0) is 18.2 Å². The highest BCUT2D eigenvalue weighted by Crippen LogP contribution is 2.31. The van der Waals surface area contributed by atoms with Crippen molar-refractivity contribution in [2.24, 2.45) is 0 Å². The molecular formula is C12H6F4N2O3. The highest BCUT2D eigenvalue weighted by molar-refractivity contribution is 5.84. The first-order valence-corrected chi connectivity index (χ1v) is 5.40.